The lowest BCUT2D eigenvalue weighted by Gasteiger charge is -2.02. The molecular formula is C10H11ClN4OS. The first-order chi connectivity index (χ1) is 8.20. The van der Waals surface area contributed by atoms with Crippen LogP contribution in [0.3, 0.4) is 0 Å². The Morgan fingerprint density at radius 1 is 1.53 bits per heavy atom. The van der Waals surface area contributed by atoms with Crippen LogP contribution in [0.1, 0.15) is 13.3 Å². The van der Waals surface area contributed by atoms with Crippen molar-refractivity contribution in [1.82, 2.24) is 19.7 Å². The third kappa shape index (κ3) is 2.89. The van der Waals surface area contributed by atoms with Gasteiger partial charge in [-0.05, 0) is 30.3 Å². The molecule has 1 N–H and O–H groups in total. The standard InChI is InChI=1S/C10H11ClN4OS/c1-2-6-15-9(16)13-14-10(15)17-8-5-3-4-7(11)12-8/h3-5H,2,6H2,1H3,(H,13,16). The molecule has 7 heteroatoms. The second-order valence-corrected chi connectivity index (χ2v) is 4.74. The lowest BCUT2D eigenvalue weighted by Crippen LogP contribution is -2.17. The van der Waals surface area contributed by atoms with Gasteiger partial charge in [0.2, 0.25) is 0 Å². The first-order valence-corrected chi connectivity index (χ1v) is 6.35. The average Bonchev–Trinajstić information content (AvgIpc) is 2.62. The molecule has 2 aromatic heterocycles. The maximum Gasteiger partial charge on any atom is 0.343 e. The Labute approximate surface area is 107 Å². The molecule has 0 aliphatic rings. The van der Waals surface area contributed by atoms with Gasteiger partial charge in [0.15, 0.2) is 5.16 Å². The summed E-state index contributed by atoms with van der Waals surface area (Å²) in [7, 11) is 0. The quantitative estimate of drug-likeness (QED) is 0.865. The van der Waals surface area contributed by atoms with Crippen molar-refractivity contribution < 1.29 is 0 Å². The molecule has 0 saturated heterocycles. The second kappa shape index (κ2) is 5.37. The molecule has 0 bridgehead atoms. The van der Waals surface area contributed by atoms with Crippen molar-refractivity contribution >= 4 is 23.4 Å². The third-order valence-electron chi connectivity index (χ3n) is 2.06. The summed E-state index contributed by atoms with van der Waals surface area (Å²) in [5.41, 5.74) is -0.198. The van der Waals surface area contributed by atoms with Crippen molar-refractivity contribution in [2.45, 2.75) is 30.1 Å². The van der Waals surface area contributed by atoms with Gasteiger partial charge in [0.25, 0.3) is 0 Å². The molecule has 0 atom stereocenters. The predicted molar refractivity (Wildman–Crippen MR) is 66.5 cm³/mol. The first-order valence-electron chi connectivity index (χ1n) is 5.16. The summed E-state index contributed by atoms with van der Waals surface area (Å²) in [6.45, 7) is 2.64. The number of nitrogens with one attached hydrogen (secondary N) is 1. The van der Waals surface area contributed by atoms with Gasteiger partial charge in [0, 0.05) is 6.54 Å². The molecule has 90 valence electrons. The van der Waals surface area contributed by atoms with Crippen molar-refractivity contribution in [3.05, 3.63) is 33.8 Å². The van der Waals surface area contributed by atoms with Gasteiger partial charge in [-0.3, -0.25) is 4.57 Å². The van der Waals surface area contributed by atoms with E-state index in [4.69, 9.17) is 11.6 Å². The van der Waals surface area contributed by atoms with Crippen LogP contribution < -0.4 is 5.69 Å². The van der Waals surface area contributed by atoms with E-state index in [1.165, 1.54) is 11.8 Å². The van der Waals surface area contributed by atoms with Crippen LogP contribution in [-0.4, -0.2) is 19.7 Å². The summed E-state index contributed by atoms with van der Waals surface area (Å²) >= 11 is 7.11. The predicted octanol–water partition coefficient (Wildman–Crippen LogP) is 2.18. The van der Waals surface area contributed by atoms with Crippen molar-refractivity contribution in [2.24, 2.45) is 0 Å². The Balaban J connectivity index is 2.27. The number of rotatable bonds is 4. The van der Waals surface area contributed by atoms with Crippen LogP contribution in [0.25, 0.3) is 0 Å². The molecule has 2 rings (SSSR count). The van der Waals surface area contributed by atoms with Crippen LogP contribution in [0, 0.1) is 0 Å². The van der Waals surface area contributed by atoms with E-state index in [2.05, 4.69) is 15.2 Å². The number of hydrogen-bond donors (Lipinski definition) is 1. The van der Waals surface area contributed by atoms with E-state index in [9.17, 15) is 4.79 Å². The van der Waals surface area contributed by atoms with Crippen LogP contribution in [0.4, 0.5) is 0 Å². The van der Waals surface area contributed by atoms with Crippen LogP contribution in [0.5, 0.6) is 0 Å². The summed E-state index contributed by atoms with van der Waals surface area (Å²) in [6.07, 6.45) is 0.871. The largest absolute Gasteiger partial charge is 0.343 e. The maximum atomic E-state index is 11.5. The van der Waals surface area contributed by atoms with Gasteiger partial charge in [-0.15, -0.1) is 5.10 Å². The van der Waals surface area contributed by atoms with Gasteiger partial charge in [-0.2, -0.15) is 0 Å². The van der Waals surface area contributed by atoms with Crippen LogP contribution in [-0.2, 0) is 6.54 Å². The highest BCUT2D eigenvalue weighted by Gasteiger charge is 2.09. The zero-order chi connectivity index (χ0) is 12.3. The van der Waals surface area contributed by atoms with Gasteiger partial charge in [0.1, 0.15) is 10.2 Å². The fourth-order valence-electron chi connectivity index (χ4n) is 1.34. The number of aromatic nitrogens is 4. The Bertz CT molecular complexity index is 565. The summed E-state index contributed by atoms with van der Waals surface area (Å²) < 4.78 is 1.59. The van der Waals surface area contributed by atoms with E-state index in [0.29, 0.717) is 21.9 Å². The van der Waals surface area contributed by atoms with Crippen molar-refractivity contribution in [2.75, 3.05) is 0 Å². The number of nitrogens with zero attached hydrogens (tertiary/aromatic N) is 3. The summed E-state index contributed by atoms with van der Waals surface area (Å²) in [6, 6.07) is 5.34. The molecular weight excluding hydrogens is 260 g/mol. The third-order valence-corrected chi connectivity index (χ3v) is 3.20. The molecule has 0 aromatic carbocycles. The lowest BCUT2D eigenvalue weighted by atomic mass is 10.5. The molecule has 0 saturated carbocycles. The Kier molecular flexibility index (Phi) is 3.86. The maximum absolute atomic E-state index is 11.5. The minimum absolute atomic E-state index is 0.198. The van der Waals surface area contributed by atoms with E-state index < -0.39 is 0 Å². The SMILES string of the molecule is CCCn1c(Sc2cccc(Cl)n2)n[nH]c1=O. The number of H-pyrrole nitrogens is 1. The molecule has 2 aromatic rings. The average molecular weight is 271 g/mol. The van der Waals surface area contributed by atoms with Gasteiger partial charge in [-0.1, -0.05) is 24.6 Å². The molecule has 2 heterocycles. The Morgan fingerprint density at radius 2 is 2.35 bits per heavy atom. The van der Waals surface area contributed by atoms with E-state index in [-0.39, 0.29) is 5.69 Å². The van der Waals surface area contributed by atoms with E-state index in [1.807, 2.05) is 19.1 Å². The highest BCUT2D eigenvalue weighted by molar-refractivity contribution is 7.99. The highest BCUT2D eigenvalue weighted by Crippen LogP contribution is 2.24. The zero-order valence-electron chi connectivity index (χ0n) is 9.18. The fourth-order valence-corrected chi connectivity index (χ4v) is 2.41. The minimum atomic E-state index is -0.198. The van der Waals surface area contributed by atoms with Crippen LogP contribution in [0.15, 0.2) is 33.2 Å². The summed E-state index contributed by atoms with van der Waals surface area (Å²) in [4.78, 5) is 15.6. The normalized spacial score (nSPS) is 10.7. The molecule has 0 amide bonds. The molecule has 0 spiro atoms. The molecule has 0 aliphatic carbocycles. The topological polar surface area (TPSA) is 63.6 Å². The molecule has 0 radical (unpaired) electrons. The zero-order valence-corrected chi connectivity index (χ0v) is 10.8. The van der Waals surface area contributed by atoms with Crippen LogP contribution >= 0.6 is 23.4 Å². The van der Waals surface area contributed by atoms with Crippen molar-refractivity contribution in [1.29, 1.82) is 0 Å². The molecule has 5 nitrogen and oxygen atoms in total. The smallest absolute Gasteiger partial charge is 0.270 e. The summed E-state index contributed by atoms with van der Waals surface area (Å²) in [5.74, 6) is 0. The fraction of sp³-hybridized carbons (Fsp3) is 0.300. The lowest BCUT2D eigenvalue weighted by molar-refractivity contribution is 0.603. The monoisotopic (exact) mass is 270 g/mol. The van der Waals surface area contributed by atoms with E-state index in [0.717, 1.165) is 6.42 Å². The van der Waals surface area contributed by atoms with Crippen molar-refractivity contribution in [3.8, 4) is 0 Å². The molecule has 0 unspecified atom stereocenters. The van der Waals surface area contributed by atoms with Gasteiger partial charge in [-0.25, -0.2) is 14.9 Å². The Hall–Kier alpha value is -1.27. The van der Waals surface area contributed by atoms with Gasteiger partial charge in [0.05, 0.1) is 0 Å². The van der Waals surface area contributed by atoms with Crippen LogP contribution in [0.2, 0.25) is 5.15 Å². The number of aromatic amines is 1. The Morgan fingerprint density at radius 3 is 3.06 bits per heavy atom. The number of hydrogen-bond acceptors (Lipinski definition) is 4. The van der Waals surface area contributed by atoms with Crippen molar-refractivity contribution in [3.63, 3.8) is 0 Å². The highest BCUT2D eigenvalue weighted by atomic mass is 35.5. The molecule has 0 aliphatic heterocycles. The summed E-state index contributed by atoms with van der Waals surface area (Å²) in [5, 5.41) is 8.14. The number of halogens is 1. The number of pyridine rings is 1. The van der Waals surface area contributed by atoms with E-state index >= 15 is 0 Å². The first kappa shape index (κ1) is 12.2. The van der Waals surface area contributed by atoms with E-state index in [1.54, 1.807) is 10.6 Å². The minimum Gasteiger partial charge on any atom is -0.270 e. The molecule has 0 fully saturated rings. The second-order valence-electron chi connectivity index (χ2n) is 3.36. The van der Waals surface area contributed by atoms with Gasteiger partial charge < -0.3 is 0 Å². The van der Waals surface area contributed by atoms with Gasteiger partial charge >= 0.3 is 5.69 Å². The molecule has 17 heavy (non-hydrogen) atoms.